The minimum atomic E-state index is 0.860. The molecular weight excluding hydrogens is 246 g/mol. The topological polar surface area (TPSA) is 30.5 Å². The normalized spacial score (nSPS) is 12.1. The van der Waals surface area contributed by atoms with E-state index in [1.54, 1.807) is 26.0 Å². The van der Waals surface area contributed by atoms with E-state index >= 15 is 0 Å². The van der Waals surface area contributed by atoms with Gasteiger partial charge >= 0.3 is 0 Å². The Morgan fingerprint density at radius 3 is 2.33 bits per heavy atom. The van der Waals surface area contributed by atoms with Gasteiger partial charge in [-0.1, -0.05) is 11.8 Å². The van der Waals surface area contributed by atoms with Crippen molar-refractivity contribution in [2.45, 2.75) is 9.79 Å². The van der Waals surface area contributed by atoms with Gasteiger partial charge in [0.25, 0.3) is 0 Å². The predicted octanol–water partition coefficient (Wildman–Crippen LogP) is 3.91. The molecular formula is C14H13NO2S. The Labute approximate surface area is 110 Å². The molecule has 92 valence electrons. The standard InChI is InChI=1S/C14H13NO2S/c1-16-9-4-6-13-12(7-9)15-11-5-3-10(17-2)8-14(11)18-13/h3-8,15H,1-2H3. The van der Waals surface area contributed by atoms with E-state index in [1.165, 1.54) is 9.79 Å². The molecule has 1 aliphatic heterocycles. The van der Waals surface area contributed by atoms with E-state index in [0.717, 1.165) is 22.9 Å². The second-order valence-electron chi connectivity index (χ2n) is 3.95. The molecule has 0 aromatic heterocycles. The van der Waals surface area contributed by atoms with Crippen LogP contribution in [0.15, 0.2) is 46.2 Å². The minimum Gasteiger partial charge on any atom is -0.497 e. The summed E-state index contributed by atoms with van der Waals surface area (Å²) < 4.78 is 10.5. The van der Waals surface area contributed by atoms with Crippen LogP contribution in [0.3, 0.4) is 0 Å². The fourth-order valence-electron chi connectivity index (χ4n) is 1.90. The molecule has 2 aromatic carbocycles. The summed E-state index contributed by atoms with van der Waals surface area (Å²) >= 11 is 1.73. The Morgan fingerprint density at radius 1 is 0.833 bits per heavy atom. The van der Waals surface area contributed by atoms with Crippen LogP contribution in [-0.4, -0.2) is 14.2 Å². The number of hydrogen-bond donors (Lipinski definition) is 1. The molecule has 3 nitrogen and oxygen atoms in total. The number of benzene rings is 2. The van der Waals surface area contributed by atoms with Gasteiger partial charge in [0.05, 0.1) is 25.6 Å². The average molecular weight is 259 g/mol. The summed E-state index contributed by atoms with van der Waals surface area (Å²) in [4.78, 5) is 2.36. The van der Waals surface area contributed by atoms with E-state index in [9.17, 15) is 0 Å². The van der Waals surface area contributed by atoms with Crippen LogP contribution in [0.5, 0.6) is 11.5 Å². The minimum absolute atomic E-state index is 0.860. The molecule has 0 atom stereocenters. The van der Waals surface area contributed by atoms with Gasteiger partial charge in [0, 0.05) is 15.9 Å². The number of fused-ring (bicyclic) bond motifs is 2. The number of nitrogens with one attached hydrogen (secondary N) is 1. The number of ether oxygens (including phenoxy) is 2. The molecule has 3 rings (SSSR count). The number of rotatable bonds is 2. The van der Waals surface area contributed by atoms with E-state index < -0.39 is 0 Å². The van der Waals surface area contributed by atoms with Crippen molar-refractivity contribution >= 4 is 23.1 Å². The number of anilines is 2. The highest BCUT2D eigenvalue weighted by atomic mass is 32.2. The Balaban J connectivity index is 2.00. The van der Waals surface area contributed by atoms with E-state index in [0.29, 0.717) is 0 Å². The fraction of sp³-hybridized carbons (Fsp3) is 0.143. The highest BCUT2D eigenvalue weighted by Gasteiger charge is 2.16. The monoisotopic (exact) mass is 259 g/mol. The lowest BCUT2D eigenvalue weighted by Crippen LogP contribution is -2.00. The quantitative estimate of drug-likeness (QED) is 0.755. The van der Waals surface area contributed by atoms with Crippen molar-refractivity contribution in [3.8, 4) is 11.5 Å². The Hall–Kier alpha value is -1.81. The van der Waals surface area contributed by atoms with Crippen molar-refractivity contribution in [2.75, 3.05) is 19.5 Å². The molecule has 0 saturated carbocycles. The molecule has 0 radical (unpaired) electrons. The molecule has 0 saturated heterocycles. The lowest BCUT2D eigenvalue weighted by Gasteiger charge is -2.21. The van der Waals surface area contributed by atoms with Gasteiger partial charge in [-0.2, -0.15) is 0 Å². The molecule has 2 aromatic rings. The van der Waals surface area contributed by atoms with Crippen molar-refractivity contribution in [1.29, 1.82) is 0 Å². The summed E-state index contributed by atoms with van der Waals surface area (Å²) in [7, 11) is 3.36. The van der Waals surface area contributed by atoms with E-state index in [4.69, 9.17) is 9.47 Å². The average Bonchev–Trinajstić information content (AvgIpc) is 2.43. The van der Waals surface area contributed by atoms with Crippen molar-refractivity contribution in [1.82, 2.24) is 0 Å². The number of hydrogen-bond acceptors (Lipinski definition) is 4. The Morgan fingerprint density at radius 2 is 1.56 bits per heavy atom. The van der Waals surface area contributed by atoms with Crippen LogP contribution in [0, 0.1) is 0 Å². The van der Waals surface area contributed by atoms with Gasteiger partial charge in [-0.05, 0) is 30.3 Å². The summed E-state index contributed by atoms with van der Waals surface area (Å²) in [6.45, 7) is 0. The molecule has 0 fully saturated rings. The largest absolute Gasteiger partial charge is 0.497 e. The summed E-state index contributed by atoms with van der Waals surface area (Å²) in [6.07, 6.45) is 0. The van der Waals surface area contributed by atoms with Crippen LogP contribution >= 0.6 is 11.8 Å². The summed E-state index contributed by atoms with van der Waals surface area (Å²) in [5.74, 6) is 1.74. The highest BCUT2D eigenvalue weighted by molar-refractivity contribution is 7.99. The fourth-order valence-corrected chi connectivity index (χ4v) is 2.90. The third kappa shape index (κ3) is 1.88. The maximum atomic E-state index is 5.24. The molecule has 0 aliphatic carbocycles. The van der Waals surface area contributed by atoms with Gasteiger partial charge in [-0.3, -0.25) is 0 Å². The summed E-state index contributed by atoms with van der Waals surface area (Å²) in [6, 6.07) is 12.1. The van der Waals surface area contributed by atoms with Gasteiger partial charge in [-0.25, -0.2) is 0 Å². The molecule has 0 amide bonds. The van der Waals surface area contributed by atoms with E-state index in [2.05, 4.69) is 11.4 Å². The zero-order chi connectivity index (χ0) is 12.5. The molecule has 4 heteroatoms. The van der Waals surface area contributed by atoms with Crippen molar-refractivity contribution in [3.05, 3.63) is 36.4 Å². The smallest absolute Gasteiger partial charge is 0.121 e. The van der Waals surface area contributed by atoms with Crippen LogP contribution in [0.25, 0.3) is 0 Å². The van der Waals surface area contributed by atoms with Gasteiger partial charge in [0.15, 0.2) is 0 Å². The SMILES string of the molecule is COc1ccc2c(c1)Nc1ccc(OC)cc1S2. The van der Waals surface area contributed by atoms with Crippen LogP contribution in [0.4, 0.5) is 11.4 Å². The first-order valence-corrected chi connectivity index (χ1v) is 6.43. The number of methoxy groups -OCH3 is 2. The first-order valence-electron chi connectivity index (χ1n) is 5.61. The van der Waals surface area contributed by atoms with Gasteiger partial charge in [0.2, 0.25) is 0 Å². The lowest BCUT2D eigenvalue weighted by molar-refractivity contribution is 0.413. The first-order chi connectivity index (χ1) is 8.80. The maximum Gasteiger partial charge on any atom is 0.121 e. The molecule has 1 heterocycles. The van der Waals surface area contributed by atoms with Gasteiger partial charge < -0.3 is 14.8 Å². The third-order valence-electron chi connectivity index (χ3n) is 2.86. The molecule has 0 unspecified atom stereocenters. The third-order valence-corrected chi connectivity index (χ3v) is 4.00. The predicted molar refractivity (Wildman–Crippen MR) is 73.4 cm³/mol. The van der Waals surface area contributed by atoms with Crippen LogP contribution in [-0.2, 0) is 0 Å². The van der Waals surface area contributed by atoms with Crippen molar-refractivity contribution in [3.63, 3.8) is 0 Å². The van der Waals surface area contributed by atoms with Crippen LogP contribution in [0.1, 0.15) is 0 Å². The van der Waals surface area contributed by atoms with Gasteiger partial charge in [0.1, 0.15) is 11.5 Å². The molecule has 0 spiro atoms. The van der Waals surface area contributed by atoms with Crippen molar-refractivity contribution in [2.24, 2.45) is 0 Å². The zero-order valence-electron chi connectivity index (χ0n) is 10.2. The van der Waals surface area contributed by atoms with E-state index in [-0.39, 0.29) is 0 Å². The molecule has 1 N–H and O–H groups in total. The first kappa shape index (κ1) is 11.3. The second kappa shape index (κ2) is 4.46. The highest BCUT2D eigenvalue weighted by Crippen LogP contribution is 2.46. The van der Waals surface area contributed by atoms with Gasteiger partial charge in [-0.15, -0.1) is 0 Å². The lowest BCUT2D eigenvalue weighted by atomic mass is 10.2. The maximum absolute atomic E-state index is 5.24. The summed E-state index contributed by atoms with van der Waals surface area (Å²) in [5, 5.41) is 3.41. The molecule has 18 heavy (non-hydrogen) atoms. The molecule has 1 aliphatic rings. The Kier molecular flexibility index (Phi) is 2.80. The van der Waals surface area contributed by atoms with E-state index in [1.807, 2.05) is 30.3 Å². The molecule has 0 bridgehead atoms. The second-order valence-corrected chi connectivity index (χ2v) is 5.04. The summed E-state index contributed by atoms with van der Waals surface area (Å²) in [5.41, 5.74) is 2.18. The van der Waals surface area contributed by atoms with Crippen LogP contribution in [0.2, 0.25) is 0 Å². The van der Waals surface area contributed by atoms with Crippen LogP contribution < -0.4 is 14.8 Å². The zero-order valence-corrected chi connectivity index (χ0v) is 11.0. The van der Waals surface area contributed by atoms with Crippen molar-refractivity contribution < 1.29 is 9.47 Å². The Bertz CT molecular complexity index is 545.